The number of hydrogen-bond donors (Lipinski definition) is 1. The van der Waals surface area contributed by atoms with Crippen LogP contribution in [0.4, 0.5) is 0 Å². The average molecular weight is 380 g/mol. The Hall–Kier alpha value is -1.44. The maximum atomic E-state index is 12.5. The van der Waals surface area contributed by atoms with Crippen molar-refractivity contribution in [3.63, 3.8) is 0 Å². The molecule has 0 aliphatic carbocycles. The van der Waals surface area contributed by atoms with E-state index in [1.807, 2.05) is 0 Å². The minimum Gasteiger partial charge on any atom is -0.351 e. The Morgan fingerprint density at radius 3 is 2.08 bits per heavy atom. The first-order valence-electron chi connectivity index (χ1n) is 9.68. The molecule has 0 bridgehead atoms. The topological polar surface area (TPSA) is 69.7 Å². The van der Waals surface area contributed by atoms with Gasteiger partial charge in [-0.25, -0.2) is 8.42 Å². The number of carbonyl (C=O) groups excluding carboxylic acids is 1. The fourth-order valence-corrected chi connectivity index (χ4v) is 5.16. The predicted octanol–water partition coefficient (Wildman–Crippen LogP) is 2.08. The van der Waals surface area contributed by atoms with Crippen LogP contribution in [0.25, 0.3) is 0 Å². The van der Waals surface area contributed by atoms with E-state index in [2.05, 4.69) is 10.2 Å². The molecule has 3 rings (SSSR count). The molecular formula is C19H29N3O3S. The van der Waals surface area contributed by atoms with E-state index in [0.29, 0.717) is 25.2 Å². The molecule has 1 aromatic rings. The van der Waals surface area contributed by atoms with Crippen LogP contribution in [-0.4, -0.2) is 62.8 Å². The Kier molecular flexibility index (Phi) is 6.67. The molecule has 6 nitrogen and oxygen atoms in total. The van der Waals surface area contributed by atoms with Crippen LogP contribution in [0.1, 0.15) is 48.9 Å². The summed E-state index contributed by atoms with van der Waals surface area (Å²) >= 11 is 0. The number of nitrogens with zero attached hydrogens (tertiary/aromatic N) is 2. The van der Waals surface area contributed by atoms with E-state index in [9.17, 15) is 13.2 Å². The minimum atomic E-state index is -3.42. The van der Waals surface area contributed by atoms with Gasteiger partial charge in [0.1, 0.15) is 0 Å². The van der Waals surface area contributed by atoms with Gasteiger partial charge in [0.25, 0.3) is 5.91 Å². The molecule has 2 saturated heterocycles. The van der Waals surface area contributed by atoms with Crippen LogP contribution >= 0.6 is 0 Å². The van der Waals surface area contributed by atoms with Gasteiger partial charge in [0.15, 0.2) is 0 Å². The molecule has 2 aliphatic heterocycles. The Labute approximate surface area is 156 Å². The lowest BCUT2D eigenvalue weighted by atomic mass is 10.2. The summed E-state index contributed by atoms with van der Waals surface area (Å²) in [5.41, 5.74) is 0.501. The van der Waals surface area contributed by atoms with E-state index >= 15 is 0 Å². The zero-order valence-electron chi connectivity index (χ0n) is 15.3. The second-order valence-corrected chi connectivity index (χ2v) is 9.09. The van der Waals surface area contributed by atoms with Gasteiger partial charge in [-0.2, -0.15) is 4.31 Å². The molecule has 0 atom stereocenters. The molecule has 0 unspecified atom stereocenters. The molecule has 7 heteroatoms. The predicted molar refractivity (Wildman–Crippen MR) is 102 cm³/mol. The van der Waals surface area contributed by atoms with Crippen LogP contribution in [0.5, 0.6) is 0 Å². The highest BCUT2D eigenvalue weighted by atomic mass is 32.2. The summed E-state index contributed by atoms with van der Waals surface area (Å²) in [5.74, 6) is -0.148. The van der Waals surface area contributed by atoms with Gasteiger partial charge in [0, 0.05) is 31.7 Å². The summed E-state index contributed by atoms with van der Waals surface area (Å²) in [5, 5.41) is 2.94. The first kappa shape index (κ1) is 19.3. The summed E-state index contributed by atoms with van der Waals surface area (Å²) in [4.78, 5) is 14.9. The molecule has 2 aliphatic rings. The molecule has 0 radical (unpaired) electrons. The Morgan fingerprint density at radius 2 is 1.46 bits per heavy atom. The highest BCUT2D eigenvalue weighted by Gasteiger charge is 2.27. The largest absolute Gasteiger partial charge is 0.351 e. The zero-order valence-corrected chi connectivity index (χ0v) is 16.1. The number of benzene rings is 1. The van der Waals surface area contributed by atoms with E-state index in [1.165, 1.54) is 42.1 Å². The van der Waals surface area contributed by atoms with Crippen molar-refractivity contribution in [1.82, 2.24) is 14.5 Å². The van der Waals surface area contributed by atoms with Crippen LogP contribution in [0.3, 0.4) is 0 Å². The lowest BCUT2D eigenvalue weighted by Gasteiger charge is -2.19. The van der Waals surface area contributed by atoms with Crippen molar-refractivity contribution in [2.45, 2.75) is 43.4 Å². The van der Waals surface area contributed by atoms with Gasteiger partial charge in [-0.15, -0.1) is 0 Å². The fourth-order valence-electron chi connectivity index (χ4n) is 3.65. The van der Waals surface area contributed by atoms with Gasteiger partial charge in [-0.05, 0) is 63.0 Å². The first-order chi connectivity index (χ1) is 12.6. The number of hydrogen-bond acceptors (Lipinski definition) is 4. The molecule has 1 amide bonds. The first-order valence-corrected chi connectivity index (χ1v) is 11.1. The maximum absolute atomic E-state index is 12.5. The monoisotopic (exact) mass is 379 g/mol. The quantitative estimate of drug-likeness (QED) is 0.822. The van der Waals surface area contributed by atoms with Gasteiger partial charge in [-0.1, -0.05) is 12.8 Å². The summed E-state index contributed by atoms with van der Waals surface area (Å²) in [6.45, 7) is 4.87. The third kappa shape index (κ3) is 4.84. The normalized spacial score (nSPS) is 20.0. The van der Waals surface area contributed by atoms with Crippen LogP contribution in [0.15, 0.2) is 29.2 Å². The maximum Gasteiger partial charge on any atom is 0.251 e. The summed E-state index contributed by atoms with van der Waals surface area (Å²) in [6.07, 6.45) is 6.90. The molecule has 0 spiro atoms. The standard InChI is InChI=1S/C19H29N3O3S/c23-19(20-11-16-21-12-3-1-2-4-13-21)17-7-9-18(10-8-17)26(24,25)22-14-5-6-15-22/h7-10H,1-6,11-16H2,(H,20,23). The van der Waals surface area contributed by atoms with E-state index in [4.69, 9.17) is 0 Å². The molecule has 1 aromatic carbocycles. The third-order valence-corrected chi connectivity index (χ3v) is 7.14. The van der Waals surface area contributed by atoms with Crippen molar-refractivity contribution in [1.29, 1.82) is 0 Å². The summed E-state index contributed by atoms with van der Waals surface area (Å²) in [6, 6.07) is 6.28. The van der Waals surface area contributed by atoms with Gasteiger partial charge in [-0.3, -0.25) is 4.79 Å². The van der Waals surface area contributed by atoms with Crippen molar-refractivity contribution in [3.05, 3.63) is 29.8 Å². The molecule has 0 aromatic heterocycles. The zero-order chi connectivity index (χ0) is 18.4. The number of rotatable bonds is 6. The highest BCUT2D eigenvalue weighted by Crippen LogP contribution is 2.21. The lowest BCUT2D eigenvalue weighted by Crippen LogP contribution is -2.35. The number of sulfonamides is 1. The summed E-state index contributed by atoms with van der Waals surface area (Å²) in [7, 11) is -3.42. The van der Waals surface area contributed by atoms with Gasteiger partial charge < -0.3 is 10.2 Å². The van der Waals surface area contributed by atoms with Crippen LogP contribution in [0.2, 0.25) is 0 Å². The number of carbonyl (C=O) groups is 1. The Bertz CT molecular complexity index is 689. The van der Waals surface area contributed by atoms with E-state index in [-0.39, 0.29) is 10.8 Å². The van der Waals surface area contributed by atoms with Crippen molar-refractivity contribution >= 4 is 15.9 Å². The second kappa shape index (κ2) is 8.97. The molecule has 2 fully saturated rings. The number of likely N-dealkylation sites (tertiary alicyclic amines) is 1. The van der Waals surface area contributed by atoms with Crippen molar-refractivity contribution < 1.29 is 13.2 Å². The van der Waals surface area contributed by atoms with Crippen LogP contribution < -0.4 is 5.32 Å². The van der Waals surface area contributed by atoms with Crippen molar-refractivity contribution in [2.24, 2.45) is 0 Å². The molecule has 144 valence electrons. The molecule has 26 heavy (non-hydrogen) atoms. The van der Waals surface area contributed by atoms with Gasteiger partial charge in [0.2, 0.25) is 10.0 Å². The van der Waals surface area contributed by atoms with Crippen LogP contribution in [0, 0.1) is 0 Å². The molecule has 0 saturated carbocycles. The smallest absolute Gasteiger partial charge is 0.251 e. The lowest BCUT2D eigenvalue weighted by molar-refractivity contribution is 0.0948. The van der Waals surface area contributed by atoms with E-state index < -0.39 is 10.0 Å². The average Bonchev–Trinajstić information content (AvgIpc) is 3.08. The van der Waals surface area contributed by atoms with E-state index in [1.54, 1.807) is 12.1 Å². The molecule has 1 N–H and O–H groups in total. The van der Waals surface area contributed by atoms with Crippen molar-refractivity contribution in [3.8, 4) is 0 Å². The third-order valence-electron chi connectivity index (χ3n) is 5.23. The highest BCUT2D eigenvalue weighted by molar-refractivity contribution is 7.89. The van der Waals surface area contributed by atoms with Crippen molar-refractivity contribution in [2.75, 3.05) is 39.3 Å². The Balaban J connectivity index is 1.52. The second-order valence-electron chi connectivity index (χ2n) is 7.15. The number of nitrogens with one attached hydrogen (secondary N) is 1. The summed E-state index contributed by atoms with van der Waals surface area (Å²) < 4.78 is 26.5. The minimum absolute atomic E-state index is 0.148. The van der Waals surface area contributed by atoms with Crippen LogP contribution in [-0.2, 0) is 10.0 Å². The van der Waals surface area contributed by atoms with Gasteiger partial charge in [0.05, 0.1) is 4.90 Å². The SMILES string of the molecule is O=C(NCCN1CCCCCC1)c1ccc(S(=O)(=O)N2CCCC2)cc1. The number of amides is 1. The fraction of sp³-hybridized carbons (Fsp3) is 0.632. The molecular weight excluding hydrogens is 350 g/mol. The van der Waals surface area contributed by atoms with E-state index in [0.717, 1.165) is 32.5 Å². The Morgan fingerprint density at radius 1 is 0.885 bits per heavy atom. The molecule has 2 heterocycles. The van der Waals surface area contributed by atoms with Gasteiger partial charge >= 0.3 is 0 Å².